The van der Waals surface area contributed by atoms with Gasteiger partial charge in [-0.05, 0) is 19.3 Å². The van der Waals surface area contributed by atoms with E-state index in [9.17, 15) is 9.59 Å². The molecular weight excluding hydrogens is 222 g/mol. The van der Waals surface area contributed by atoms with Crippen LogP contribution >= 0.6 is 0 Å². The first-order valence-corrected chi connectivity index (χ1v) is 5.40. The summed E-state index contributed by atoms with van der Waals surface area (Å²) < 4.78 is 0. The summed E-state index contributed by atoms with van der Waals surface area (Å²) in [6.07, 6.45) is 7.50. The second-order valence-electron chi connectivity index (χ2n) is 3.93. The van der Waals surface area contributed by atoms with Crippen molar-refractivity contribution in [2.24, 2.45) is 17.6 Å². The number of rotatable bonds is 7. The molecule has 3 unspecified atom stereocenters. The first kappa shape index (κ1) is 15.4. The van der Waals surface area contributed by atoms with Crippen LogP contribution in [0.3, 0.4) is 0 Å². The van der Waals surface area contributed by atoms with E-state index in [2.05, 4.69) is 0 Å². The molecule has 5 nitrogen and oxygen atoms in total. The van der Waals surface area contributed by atoms with Crippen LogP contribution < -0.4 is 5.73 Å². The molecule has 0 radical (unpaired) electrons. The van der Waals surface area contributed by atoms with Crippen LogP contribution in [0.25, 0.3) is 0 Å². The molecule has 0 spiro atoms. The molecule has 0 fully saturated rings. The van der Waals surface area contributed by atoms with Crippen molar-refractivity contribution in [3.05, 3.63) is 24.3 Å². The quantitative estimate of drug-likeness (QED) is 0.582. The van der Waals surface area contributed by atoms with Gasteiger partial charge in [0.1, 0.15) is 6.04 Å². The lowest BCUT2D eigenvalue weighted by atomic mass is 9.90. The number of carbonyl (C=O) groups is 2. The Hall–Kier alpha value is -1.62. The fraction of sp³-hybridized carbons (Fsp3) is 0.500. The fourth-order valence-corrected chi connectivity index (χ4v) is 1.42. The molecule has 17 heavy (non-hydrogen) atoms. The van der Waals surface area contributed by atoms with Gasteiger partial charge in [-0.1, -0.05) is 31.2 Å². The zero-order valence-electron chi connectivity index (χ0n) is 10.0. The highest BCUT2D eigenvalue weighted by atomic mass is 16.4. The smallest absolute Gasteiger partial charge is 0.321 e. The van der Waals surface area contributed by atoms with Crippen LogP contribution in [-0.2, 0) is 9.59 Å². The Labute approximate surface area is 101 Å². The number of aliphatic carboxylic acids is 2. The summed E-state index contributed by atoms with van der Waals surface area (Å²) in [6.45, 7) is 3.69. The SMILES string of the molecule is C/C=C\C=C/C(C)CC(C(=O)O)C(N)C(=O)O. The number of hydrogen-bond acceptors (Lipinski definition) is 3. The third-order valence-electron chi connectivity index (χ3n) is 2.40. The Morgan fingerprint density at radius 1 is 1.24 bits per heavy atom. The van der Waals surface area contributed by atoms with Gasteiger partial charge in [0.25, 0.3) is 0 Å². The maximum absolute atomic E-state index is 10.9. The van der Waals surface area contributed by atoms with Gasteiger partial charge < -0.3 is 15.9 Å². The van der Waals surface area contributed by atoms with Crippen LogP contribution in [0.5, 0.6) is 0 Å². The van der Waals surface area contributed by atoms with Crippen molar-refractivity contribution in [1.82, 2.24) is 0 Å². The zero-order chi connectivity index (χ0) is 13.4. The van der Waals surface area contributed by atoms with E-state index in [-0.39, 0.29) is 12.3 Å². The Balaban J connectivity index is 4.55. The van der Waals surface area contributed by atoms with Crippen LogP contribution in [0.1, 0.15) is 20.3 Å². The summed E-state index contributed by atoms with van der Waals surface area (Å²) in [4.78, 5) is 21.6. The van der Waals surface area contributed by atoms with Crippen LogP contribution in [0.2, 0.25) is 0 Å². The van der Waals surface area contributed by atoms with Crippen LogP contribution in [0.4, 0.5) is 0 Å². The Morgan fingerprint density at radius 3 is 2.24 bits per heavy atom. The molecule has 0 aliphatic rings. The molecule has 0 amide bonds. The molecule has 0 aromatic rings. The Morgan fingerprint density at radius 2 is 1.82 bits per heavy atom. The van der Waals surface area contributed by atoms with Crippen molar-refractivity contribution in [1.29, 1.82) is 0 Å². The largest absolute Gasteiger partial charge is 0.481 e. The molecule has 0 heterocycles. The van der Waals surface area contributed by atoms with Crippen molar-refractivity contribution in [3.8, 4) is 0 Å². The van der Waals surface area contributed by atoms with E-state index >= 15 is 0 Å². The summed E-state index contributed by atoms with van der Waals surface area (Å²) in [5.41, 5.74) is 5.35. The fourth-order valence-electron chi connectivity index (χ4n) is 1.42. The molecule has 0 rings (SSSR count). The van der Waals surface area contributed by atoms with Gasteiger partial charge in [0.2, 0.25) is 0 Å². The van der Waals surface area contributed by atoms with E-state index in [4.69, 9.17) is 15.9 Å². The first-order chi connectivity index (χ1) is 7.90. The molecule has 4 N–H and O–H groups in total. The second-order valence-corrected chi connectivity index (χ2v) is 3.93. The van der Waals surface area contributed by atoms with Crippen molar-refractivity contribution in [2.45, 2.75) is 26.3 Å². The number of carboxylic acids is 2. The molecule has 0 saturated carbocycles. The average Bonchev–Trinajstić information content (AvgIpc) is 2.24. The maximum Gasteiger partial charge on any atom is 0.321 e. The van der Waals surface area contributed by atoms with Crippen LogP contribution in [0.15, 0.2) is 24.3 Å². The zero-order valence-corrected chi connectivity index (χ0v) is 10.0. The summed E-state index contributed by atoms with van der Waals surface area (Å²) >= 11 is 0. The number of carboxylic acid groups (broad SMARTS) is 2. The van der Waals surface area contributed by atoms with Gasteiger partial charge in [0, 0.05) is 0 Å². The van der Waals surface area contributed by atoms with E-state index in [1.165, 1.54) is 0 Å². The van der Waals surface area contributed by atoms with Gasteiger partial charge in [0.15, 0.2) is 0 Å². The van der Waals surface area contributed by atoms with Crippen molar-refractivity contribution in [3.63, 3.8) is 0 Å². The second kappa shape index (κ2) is 7.62. The lowest BCUT2D eigenvalue weighted by Crippen LogP contribution is -2.42. The average molecular weight is 241 g/mol. The predicted octanol–water partition coefficient (Wildman–Crippen LogP) is 1.26. The third kappa shape index (κ3) is 5.87. The molecule has 96 valence electrons. The third-order valence-corrected chi connectivity index (χ3v) is 2.40. The topological polar surface area (TPSA) is 101 Å². The van der Waals surface area contributed by atoms with Crippen molar-refractivity contribution >= 4 is 11.9 Å². The first-order valence-electron chi connectivity index (χ1n) is 5.40. The van der Waals surface area contributed by atoms with E-state index in [0.29, 0.717) is 0 Å². The molecule has 0 aromatic carbocycles. The summed E-state index contributed by atoms with van der Waals surface area (Å²) in [6, 6.07) is -1.37. The molecule has 0 saturated heterocycles. The van der Waals surface area contributed by atoms with Gasteiger partial charge in [-0.25, -0.2) is 0 Å². The Kier molecular flexibility index (Phi) is 6.89. The maximum atomic E-state index is 10.9. The lowest BCUT2D eigenvalue weighted by Gasteiger charge is -2.18. The van der Waals surface area contributed by atoms with Crippen LogP contribution in [-0.4, -0.2) is 28.2 Å². The minimum atomic E-state index is -1.37. The number of hydrogen-bond donors (Lipinski definition) is 3. The van der Waals surface area contributed by atoms with Crippen LogP contribution in [0, 0.1) is 11.8 Å². The molecule has 0 bridgehead atoms. The highest BCUT2D eigenvalue weighted by molar-refractivity contribution is 5.82. The molecule has 5 heteroatoms. The van der Waals surface area contributed by atoms with E-state index in [0.717, 1.165) is 0 Å². The van der Waals surface area contributed by atoms with Gasteiger partial charge in [0.05, 0.1) is 5.92 Å². The summed E-state index contributed by atoms with van der Waals surface area (Å²) in [7, 11) is 0. The van der Waals surface area contributed by atoms with Gasteiger partial charge >= 0.3 is 11.9 Å². The minimum Gasteiger partial charge on any atom is -0.481 e. The highest BCUT2D eigenvalue weighted by Crippen LogP contribution is 2.17. The van der Waals surface area contributed by atoms with E-state index in [1.54, 1.807) is 6.08 Å². The normalized spacial score (nSPS) is 17.1. The lowest BCUT2D eigenvalue weighted by molar-refractivity contribution is -0.150. The van der Waals surface area contributed by atoms with Gasteiger partial charge in [-0.2, -0.15) is 0 Å². The number of allylic oxidation sites excluding steroid dienone is 4. The molecular formula is C12H19NO4. The summed E-state index contributed by atoms with van der Waals surface area (Å²) in [5, 5.41) is 17.6. The molecule has 0 aliphatic heterocycles. The van der Waals surface area contributed by atoms with E-state index < -0.39 is 23.9 Å². The molecule has 0 aromatic heterocycles. The standard InChI is InChI=1S/C12H19NO4/c1-3-4-5-6-8(2)7-9(11(14)15)10(13)12(16)17/h3-6,8-10H,7,13H2,1-2H3,(H,14,15)(H,16,17)/b4-3-,6-5-. The van der Waals surface area contributed by atoms with Gasteiger partial charge in [-0.15, -0.1) is 0 Å². The van der Waals surface area contributed by atoms with Gasteiger partial charge in [-0.3, -0.25) is 9.59 Å². The van der Waals surface area contributed by atoms with Crippen molar-refractivity contribution in [2.75, 3.05) is 0 Å². The summed E-state index contributed by atoms with van der Waals surface area (Å²) in [5.74, 6) is -3.58. The highest BCUT2D eigenvalue weighted by Gasteiger charge is 2.31. The van der Waals surface area contributed by atoms with Crippen molar-refractivity contribution < 1.29 is 19.8 Å². The Bertz CT molecular complexity index is 322. The predicted molar refractivity (Wildman–Crippen MR) is 64.5 cm³/mol. The molecule has 3 atom stereocenters. The minimum absolute atomic E-state index is 0.0438. The molecule has 0 aliphatic carbocycles. The monoisotopic (exact) mass is 241 g/mol. The van der Waals surface area contributed by atoms with E-state index in [1.807, 2.05) is 32.1 Å². The number of nitrogens with two attached hydrogens (primary N) is 1.